The summed E-state index contributed by atoms with van der Waals surface area (Å²) in [7, 11) is 0. The molecule has 0 spiro atoms. The summed E-state index contributed by atoms with van der Waals surface area (Å²) in [6.07, 6.45) is 2.39. The number of anilines is 2. The van der Waals surface area contributed by atoms with Crippen LogP contribution in [0.15, 0.2) is 50.2 Å². The maximum absolute atomic E-state index is 13.8. The number of β-lactam (4-membered cyclic amide) rings is 1. The average molecular weight is 668 g/mol. The van der Waals surface area contributed by atoms with Crippen molar-refractivity contribution in [1.82, 2.24) is 40.8 Å². The van der Waals surface area contributed by atoms with Gasteiger partial charge < -0.3 is 30.3 Å². The van der Waals surface area contributed by atoms with E-state index in [-0.39, 0.29) is 64.2 Å². The maximum atomic E-state index is 13.8. The molecule has 2 aliphatic rings. The van der Waals surface area contributed by atoms with E-state index in [1.807, 2.05) is 13.8 Å². The fourth-order valence-electron chi connectivity index (χ4n) is 4.82. The van der Waals surface area contributed by atoms with E-state index in [0.717, 1.165) is 27.8 Å². The van der Waals surface area contributed by atoms with E-state index in [2.05, 4.69) is 35.9 Å². The first kappa shape index (κ1) is 34.0. The minimum Gasteiger partial charge on any atom is -0.543 e. The van der Waals surface area contributed by atoms with Crippen molar-refractivity contribution in [1.29, 1.82) is 0 Å². The predicted molar refractivity (Wildman–Crippen MR) is 154 cm³/mol. The van der Waals surface area contributed by atoms with Gasteiger partial charge in [-0.1, -0.05) is 11.8 Å². The number of amides is 4. The SMILES string of the molecule is CCN(CC)c1ncc(N(C(N)=O)C(C(=O)NC2C(=O)N3C(C(=O)[O-])=C(CSc4nn[nH]n4)CS[C@@H]23)c2ccco2)c(=O)[nH]1.[Na+]. The number of nitrogens with two attached hydrogens (primary N) is 1. The zero-order valence-electron chi connectivity index (χ0n) is 24.3. The van der Waals surface area contributed by atoms with Crippen molar-refractivity contribution in [2.24, 2.45) is 5.73 Å². The van der Waals surface area contributed by atoms with E-state index in [4.69, 9.17) is 10.2 Å². The van der Waals surface area contributed by atoms with Gasteiger partial charge in [-0.25, -0.2) is 9.78 Å². The van der Waals surface area contributed by atoms with E-state index < -0.39 is 46.8 Å². The number of nitrogens with zero attached hydrogens (tertiary/aromatic N) is 7. The number of carboxylic acids is 1. The van der Waals surface area contributed by atoms with Crippen molar-refractivity contribution < 1.29 is 58.3 Å². The number of carboxylic acid groups (broad SMARTS) is 1. The van der Waals surface area contributed by atoms with E-state index in [1.165, 1.54) is 30.2 Å². The molecule has 5 N–H and O–H groups in total. The number of tetrazole rings is 1. The Labute approximate surface area is 285 Å². The van der Waals surface area contributed by atoms with Gasteiger partial charge >= 0.3 is 35.6 Å². The van der Waals surface area contributed by atoms with Gasteiger partial charge in [0.2, 0.25) is 11.1 Å². The Morgan fingerprint density at radius 1 is 1.31 bits per heavy atom. The number of carbonyl (C=O) groups excluding carboxylic acids is 4. The number of hydrogen-bond acceptors (Lipinski definition) is 14. The van der Waals surface area contributed by atoms with Gasteiger partial charge in [-0.3, -0.25) is 29.2 Å². The van der Waals surface area contributed by atoms with E-state index in [0.29, 0.717) is 23.8 Å². The molecule has 1 fully saturated rings. The Morgan fingerprint density at radius 2 is 2.07 bits per heavy atom. The second kappa shape index (κ2) is 14.5. The first-order valence-corrected chi connectivity index (χ1v) is 15.2. The van der Waals surface area contributed by atoms with Gasteiger partial charge in [-0.2, -0.15) is 5.21 Å². The van der Waals surface area contributed by atoms with Gasteiger partial charge in [-0.05, 0) is 36.8 Å². The molecule has 4 amide bonds. The Balaban J connectivity index is 0.00000461. The largest absolute Gasteiger partial charge is 1.00 e. The van der Waals surface area contributed by atoms with Crippen molar-refractivity contribution in [3.05, 3.63) is 52.0 Å². The number of thioether (sulfide) groups is 2. The van der Waals surface area contributed by atoms with Crippen LogP contribution in [0.2, 0.25) is 0 Å². The number of aromatic amines is 2. The summed E-state index contributed by atoms with van der Waals surface area (Å²) in [4.78, 5) is 75.4. The van der Waals surface area contributed by atoms with Crippen molar-refractivity contribution in [3.63, 3.8) is 0 Å². The number of H-pyrrole nitrogens is 2. The van der Waals surface area contributed by atoms with Gasteiger partial charge in [0.25, 0.3) is 17.4 Å². The monoisotopic (exact) mass is 667 g/mol. The molecule has 0 bridgehead atoms. The summed E-state index contributed by atoms with van der Waals surface area (Å²) in [6.45, 7) is 4.85. The summed E-state index contributed by atoms with van der Waals surface area (Å²) in [6, 6.07) is -1.07. The zero-order chi connectivity index (χ0) is 31.5. The molecule has 0 saturated carbocycles. The smallest absolute Gasteiger partial charge is 0.543 e. The molecular formula is C24H26N11NaO7S2. The number of aromatic nitrogens is 6. The molecule has 45 heavy (non-hydrogen) atoms. The third-order valence-corrected chi connectivity index (χ3v) is 9.15. The third kappa shape index (κ3) is 6.73. The predicted octanol–water partition coefficient (Wildman–Crippen LogP) is -4.45. The molecule has 2 unspecified atom stereocenters. The molecular weight excluding hydrogens is 641 g/mol. The van der Waals surface area contributed by atoms with Gasteiger partial charge in [0, 0.05) is 24.6 Å². The summed E-state index contributed by atoms with van der Waals surface area (Å²) in [5.74, 6) is -2.58. The second-order valence-electron chi connectivity index (χ2n) is 9.34. The molecule has 232 valence electrons. The van der Waals surface area contributed by atoms with Gasteiger partial charge in [0.05, 0.1) is 24.1 Å². The van der Waals surface area contributed by atoms with Crippen molar-refractivity contribution >= 4 is 59.0 Å². The number of carbonyl (C=O) groups is 4. The summed E-state index contributed by atoms with van der Waals surface area (Å²) >= 11 is 2.36. The Hall–Kier alpha value is -3.85. The first-order chi connectivity index (χ1) is 21.2. The Kier molecular flexibility index (Phi) is 11.0. The summed E-state index contributed by atoms with van der Waals surface area (Å²) in [5.41, 5.74) is 4.71. The van der Waals surface area contributed by atoms with Crippen LogP contribution in [-0.2, 0) is 14.4 Å². The van der Waals surface area contributed by atoms with Crippen LogP contribution < -0.4 is 61.1 Å². The zero-order valence-corrected chi connectivity index (χ0v) is 27.9. The van der Waals surface area contributed by atoms with Crippen molar-refractivity contribution in [2.75, 3.05) is 34.4 Å². The minimum atomic E-state index is -1.61. The molecule has 0 radical (unpaired) electrons. The quantitative estimate of drug-likeness (QED) is 0.0808. The molecule has 0 aromatic carbocycles. The van der Waals surface area contributed by atoms with E-state index in [9.17, 15) is 29.1 Å². The average Bonchev–Trinajstić information content (AvgIpc) is 3.73. The normalized spacial score (nSPS) is 17.9. The van der Waals surface area contributed by atoms with Gasteiger partial charge in [0.15, 0.2) is 6.04 Å². The van der Waals surface area contributed by atoms with Crippen LogP contribution >= 0.6 is 23.5 Å². The summed E-state index contributed by atoms with van der Waals surface area (Å²) < 4.78 is 5.43. The van der Waals surface area contributed by atoms with Gasteiger partial charge in [-0.15, -0.1) is 22.0 Å². The molecule has 5 rings (SSSR count). The molecule has 3 aromatic heterocycles. The third-order valence-electron chi connectivity index (χ3n) is 6.89. The summed E-state index contributed by atoms with van der Waals surface area (Å²) in [5, 5.41) is 27.5. The molecule has 21 heteroatoms. The number of fused-ring (bicyclic) bond motifs is 1. The molecule has 3 atom stereocenters. The fraction of sp³-hybridized carbons (Fsp3) is 0.375. The van der Waals surface area contributed by atoms with Crippen LogP contribution in [0.5, 0.6) is 0 Å². The number of rotatable bonds is 12. The molecule has 0 aliphatic carbocycles. The number of nitrogens with one attached hydrogen (secondary N) is 3. The van der Waals surface area contributed by atoms with Crippen LogP contribution in [0.3, 0.4) is 0 Å². The van der Waals surface area contributed by atoms with Crippen LogP contribution in [0, 0.1) is 0 Å². The number of hydrogen-bond donors (Lipinski definition) is 4. The maximum Gasteiger partial charge on any atom is 1.00 e. The van der Waals surface area contributed by atoms with Crippen LogP contribution in [0.1, 0.15) is 25.6 Å². The van der Waals surface area contributed by atoms with Crippen LogP contribution in [0.4, 0.5) is 16.4 Å². The minimum absolute atomic E-state index is 0. The van der Waals surface area contributed by atoms with Gasteiger partial charge in [0.1, 0.15) is 22.9 Å². The van der Waals surface area contributed by atoms with Crippen LogP contribution in [-0.4, -0.2) is 95.3 Å². The molecule has 1 saturated heterocycles. The molecule has 18 nitrogen and oxygen atoms in total. The standard InChI is InChI=1S/C24H27N11O7S2.Na/c1-3-33(4-2)23-26-8-12(17(36)28-23)34(22(25)41)16(13-6-5-7-42-13)18(37)27-14-19(38)35-15(21(39)40)11(9-43-20(14)35)10-44-24-29-31-32-30-24;/h5-8,14,16,20H,3-4,9-10H2,1-2H3,(H2,25,41)(H,27,37)(H,39,40)(H,26,28,36)(H,29,30,31,32);/q;+1/p-1/t14?,16?,20-;/m0./s1. The molecule has 2 aliphatic heterocycles. The number of urea groups is 1. The van der Waals surface area contributed by atoms with E-state index in [1.54, 1.807) is 4.90 Å². The number of primary amides is 1. The fourth-order valence-corrected chi connectivity index (χ4v) is 7.04. The van der Waals surface area contributed by atoms with E-state index >= 15 is 0 Å². The molecule has 3 aromatic rings. The number of furan rings is 1. The molecule has 5 heterocycles. The first-order valence-electron chi connectivity index (χ1n) is 13.2. The topological polar surface area (TPSA) is 252 Å². The van der Waals surface area contributed by atoms with Crippen molar-refractivity contribution in [2.45, 2.75) is 36.5 Å². The Morgan fingerprint density at radius 3 is 2.64 bits per heavy atom. The van der Waals surface area contributed by atoms with Crippen molar-refractivity contribution in [3.8, 4) is 0 Å². The Bertz CT molecular complexity index is 1650. The number of aliphatic carboxylic acids is 1. The van der Waals surface area contributed by atoms with Crippen LogP contribution in [0.25, 0.3) is 0 Å². The second-order valence-corrected chi connectivity index (χ2v) is 11.4.